The largest absolute Gasteiger partial charge is 0.444 e. The van der Waals surface area contributed by atoms with Crippen molar-refractivity contribution in [3.8, 4) is 0 Å². The van der Waals surface area contributed by atoms with Crippen molar-refractivity contribution in [3.63, 3.8) is 0 Å². The highest BCUT2D eigenvalue weighted by Gasteiger charge is 2.31. The Morgan fingerprint density at radius 3 is 2.56 bits per heavy atom. The normalized spacial score (nSPS) is 22.4. The van der Waals surface area contributed by atoms with Crippen molar-refractivity contribution in [2.24, 2.45) is 0 Å². The molecule has 1 aliphatic carbocycles. The Morgan fingerprint density at radius 1 is 1.33 bits per heavy atom. The number of amides is 1. The Labute approximate surface area is 107 Å². The molecule has 18 heavy (non-hydrogen) atoms. The van der Waals surface area contributed by atoms with E-state index in [-0.39, 0.29) is 6.04 Å². The number of nitrogens with one attached hydrogen (secondary N) is 1. The quantitative estimate of drug-likeness (QED) is 0.804. The summed E-state index contributed by atoms with van der Waals surface area (Å²) in [5, 5.41) is 12.7. The van der Waals surface area contributed by atoms with Gasteiger partial charge in [0.05, 0.1) is 12.1 Å². The zero-order chi connectivity index (χ0) is 13.3. The summed E-state index contributed by atoms with van der Waals surface area (Å²) in [6.07, 6.45) is -0.462. The van der Waals surface area contributed by atoms with E-state index < -0.39 is 17.8 Å². The van der Waals surface area contributed by atoms with E-state index in [0.717, 1.165) is 11.1 Å². The van der Waals surface area contributed by atoms with Crippen LogP contribution in [0, 0.1) is 0 Å². The van der Waals surface area contributed by atoms with Crippen LogP contribution in [0.25, 0.3) is 0 Å². The first kappa shape index (κ1) is 12.9. The fourth-order valence-electron chi connectivity index (χ4n) is 2.20. The number of fused-ring (bicyclic) bond motifs is 1. The Kier molecular flexibility index (Phi) is 3.30. The summed E-state index contributed by atoms with van der Waals surface area (Å²) in [6, 6.07) is 7.43. The van der Waals surface area contributed by atoms with Gasteiger partial charge in [0, 0.05) is 6.42 Å². The summed E-state index contributed by atoms with van der Waals surface area (Å²) in [4.78, 5) is 11.7. The fraction of sp³-hybridized carbons (Fsp3) is 0.500. The minimum Gasteiger partial charge on any atom is -0.444 e. The Bertz CT molecular complexity index is 451. The molecule has 0 bridgehead atoms. The Hall–Kier alpha value is -1.55. The van der Waals surface area contributed by atoms with Crippen LogP contribution in [0.5, 0.6) is 0 Å². The molecular formula is C14H19NO3. The van der Waals surface area contributed by atoms with Gasteiger partial charge in [0.1, 0.15) is 5.60 Å². The van der Waals surface area contributed by atoms with Gasteiger partial charge in [-0.15, -0.1) is 0 Å². The van der Waals surface area contributed by atoms with Crippen molar-refractivity contribution in [2.75, 3.05) is 0 Å². The molecule has 2 rings (SSSR count). The molecule has 1 aliphatic rings. The average Bonchev–Trinajstić information content (AvgIpc) is 2.54. The molecule has 0 radical (unpaired) electrons. The number of carbonyl (C=O) groups is 1. The number of alkyl carbamates (subject to hydrolysis) is 1. The molecule has 1 amide bonds. The first-order valence-electron chi connectivity index (χ1n) is 6.13. The van der Waals surface area contributed by atoms with Gasteiger partial charge >= 0.3 is 6.09 Å². The van der Waals surface area contributed by atoms with Crippen molar-refractivity contribution in [1.29, 1.82) is 0 Å². The molecule has 2 unspecified atom stereocenters. The molecule has 0 saturated carbocycles. The zero-order valence-electron chi connectivity index (χ0n) is 10.9. The third-order valence-corrected chi connectivity index (χ3v) is 2.88. The second-order valence-corrected chi connectivity index (χ2v) is 5.58. The second-order valence-electron chi connectivity index (χ2n) is 5.58. The lowest BCUT2D eigenvalue weighted by Crippen LogP contribution is -2.34. The van der Waals surface area contributed by atoms with Crippen molar-refractivity contribution < 1.29 is 14.6 Å². The molecule has 4 heteroatoms. The molecule has 0 spiro atoms. The van der Waals surface area contributed by atoms with Crippen LogP contribution in [0.15, 0.2) is 24.3 Å². The third-order valence-electron chi connectivity index (χ3n) is 2.88. The van der Waals surface area contributed by atoms with Gasteiger partial charge in [-0.05, 0) is 31.9 Å². The minimum atomic E-state index is -0.513. The van der Waals surface area contributed by atoms with E-state index >= 15 is 0 Å². The van der Waals surface area contributed by atoms with Gasteiger partial charge in [0.15, 0.2) is 0 Å². The number of benzene rings is 1. The lowest BCUT2D eigenvalue weighted by Gasteiger charge is -2.22. The standard InChI is InChI=1S/C14H19NO3/c1-14(2,3)18-13(17)15-11-8-12(16)10-7-5-4-6-9(10)11/h4-7,11-12,16H,8H2,1-3H3,(H,15,17). The van der Waals surface area contributed by atoms with Gasteiger partial charge < -0.3 is 15.2 Å². The Balaban J connectivity index is 2.07. The van der Waals surface area contributed by atoms with Crippen LogP contribution in [0.4, 0.5) is 4.79 Å². The topological polar surface area (TPSA) is 58.6 Å². The van der Waals surface area contributed by atoms with E-state index in [1.807, 2.05) is 45.0 Å². The lowest BCUT2D eigenvalue weighted by molar-refractivity contribution is 0.0493. The number of ether oxygens (including phenoxy) is 1. The van der Waals surface area contributed by atoms with E-state index in [1.165, 1.54) is 0 Å². The number of rotatable bonds is 1. The summed E-state index contributed by atoms with van der Waals surface area (Å²) < 4.78 is 5.22. The van der Waals surface area contributed by atoms with Crippen molar-refractivity contribution in [1.82, 2.24) is 5.32 Å². The van der Waals surface area contributed by atoms with Crippen LogP contribution in [0.1, 0.15) is 50.5 Å². The summed E-state index contributed by atoms with van der Waals surface area (Å²) in [7, 11) is 0. The van der Waals surface area contributed by atoms with E-state index in [1.54, 1.807) is 0 Å². The molecule has 2 N–H and O–H groups in total. The summed E-state index contributed by atoms with van der Waals surface area (Å²) in [5.74, 6) is 0. The first-order valence-corrected chi connectivity index (χ1v) is 6.13. The van der Waals surface area contributed by atoms with Crippen LogP contribution < -0.4 is 5.32 Å². The van der Waals surface area contributed by atoms with Gasteiger partial charge in [0.25, 0.3) is 0 Å². The number of carbonyl (C=O) groups excluding carboxylic acids is 1. The van der Waals surface area contributed by atoms with Crippen molar-refractivity contribution in [2.45, 2.75) is 44.9 Å². The van der Waals surface area contributed by atoms with Gasteiger partial charge in [-0.25, -0.2) is 4.79 Å². The van der Waals surface area contributed by atoms with E-state index in [0.29, 0.717) is 6.42 Å². The molecule has 0 saturated heterocycles. The lowest BCUT2D eigenvalue weighted by atomic mass is 10.1. The monoisotopic (exact) mass is 249 g/mol. The van der Waals surface area contributed by atoms with Crippen LogP contribution in [-0.4, -0.2) is 16.8 Å². The highest BCUT2D eigenvalue weighted by Crippen LogP contribution is 2.38. The van der Waals surface area contributed by atoms with Gasteiger partial charge in [-0.1, -0.05) is 24.3 Å². The number of aliphatic hydroxyl groups is 1. The average molecular weight is 249 g/mol. The predicted octanol–water partition coefficient (Wildman–Crippen LogP) is 2.69. The fourth-order valence-corrected chi connectivity index (χ4v) is 2.20. The molecular weight excluding hydrogens is 230 g/mol. The summed E-state index contributed by atoms with van der Waals surface area (Å²) >= 11 is 0. The maximum atomic E-state index is 11.7. The molecule has 0 aliphatic heterocycles. The maximum absolute atomic E-state index is 11.7. The van der Waals surface area contributed by atoms with Crippen molar-refractivity contribution >= 4 is 6.09 Å². The molecule has 0 fully saturated rings. The number of aliphatic hydroxyl groups excluding tert-OH is 1. The molecule has 0 heterocycles. The second kappa shape index (κ2) is 4.61. The molecule has 1 aromatic carbocycles. The third kappa shape index (κ3) is 2.82. The molecule has 98 valence electrons. The number of hydrogen-bond acceptors (Lipinski definition) is 3. The van der Waals surface area contributed by atoms with Gasteiger partial charge in [-0.3, -0.25) is 0 Å². The van der Waals surface area contributed by atoms with Crippen LogP contribution in [-0.2, 0) is 4.74 Å². The Morgan fingerprint density at radius 2 is 1.94 bits per heavy atom. The van der Waals surface area contributed by atoms with E-state index in [9.17, 15) is 9.90 Å². The maximum Gasteiger partial charge on any atom is 0.408 e. The first-order chi connectivity index (χ1) is 8.37. The highest BCUT2D eigenvalue weighted by molar-refractivity contribution is 5.68. The van der Waals surface area contributed by atoms with Gasteiger partial charge in [-0.2, -0.15) is 0 Å². The van der Waals surface area contributed by atoms with E-state index in [4.69, 9.17) is 4.74 Å². The smallest absolute Gasteiger partial charge is 0.408 e. The summed E-state index contributed by atoms with van der Waals surface area (Å²) in [5.41, 5.74) is 1.34. The molecule has 2 atom stereocenters. The minimum absolute atomic E-state index is 0.175. The van der Waals surface area contributed by atoms with Gasteiger partial charge in [0.2, 0.25) is 0 Å². The van der Waals surface area contributed by atoms with Crippen LogP contribution >= 0.6 is 0 Å². The summed E-state index contributed by atoms with van der Waals surface area (Å²) in [6.45, 7) is 5.47. The van der Waals surface area contributed by atoms with E-state index in [2.05, 4.69) is 5.32 Å². The molecule has 1 aromatic rings. The predicted molar refractivity (Wildman–Crippen MR) is 68.1 cm³/mol. The SMILES string of the molecule is CC(C)(C)OC(=O)NC1CC(O)c2ccccc21. The zero-order valence-corrected chi connectivity index (χ0v) is 10.9. The highest BCUT2D eigenvalue weighted by atomic mass is 16.6. The van der Waals surface area contributed by atoms with Crippen molar-refractivity contribution in [3.05, 3.63) is 35.4 Å². The molecule has 4 nitrogen and oxygen atoms in total. The molecule has 0 aromatic heterocycles. The van der Waals surface area contributed by atoms with Crippen LogP contribution in [0.3, 0.4) is 0 Å². The number of hydrogen-bond donors (Lipinski definition) is 2. The van der Waals surface area contributed by atoms with Crippen LogP contribution in [0.2, 0.25) is 0 Å².